The molecule has 21 heavy (non-hydrogen) atoms. The van der Waals surface area contributed by atoms with Gasteiger partial charge in [-0.05, 0) is 48.4 Å². The zero-order valence-corrected chi connectivity index (χ0v) is 12.5. The Bertz CT molecular complexity index is 752. The number of hydrogen-bond donors (Lipinski definition) is 0. The fraction of sp³-hybridized carbons (Fsp3) is 0.444. The molecule has 108 valence electrons. The van der Waals surface area contributed by atoms with Crippen molar-refractivity contribution in [3.8, 4) is 5.75 Å². The van der Waals surface area contributed by atoms with Crippen molar-refractivity contribution in [2.24, 2.45) is 5.41 Å². The Morgan fingerprint density at radius 3 is 3.00 bits per heavy atom. The van der Waals surface area contributed by atoms with E-state index in [1.54, 1.807) is 7.11 Å². The monoisotopic (exact) mass is 281 g/mol. The summed E-state index contributed by atoms with van der Waals surface area (Å²) >= 11 is 0. The van der Waals surface area contributed by atoms with Gasteiger partial charge in [-0.15, -0.1) is 0 Å². The van der Waals surface area contributed by atoms with E-state index in [-0.39, 0.29) is 5.41 Å². The highest BCUT2D eigenvalue weighted by molar-refractivity contribution is 5.90. The molecule has 0 spiro atoms. The SMILES string of the molecule is COc1ccc2c3c(cnc2c1)[C@@H]1CCC(=O)[C@@]1(C)CC3. The van der Waals surface area contributed by atoms with Gasteiger partial charge in [-0.1, -0.05) is 6.92 Å². The van der Waals surface area contributed by atoms with E-state index in [2.05, 4.69) is 18.0 Å². The van der Waals surface area contributed by atoms with E-state index in [0.717, 1.165) is 36.9 Å². The predicted molar refractivity (Wildman–Crippen MR) is 81.7 cm³/mol. The van der Waals surface area contributed by atoms with Crippen LogP contribution in [0.2, 0.25) is 0 Å². The van der Waals surface area contributed by atoms with Crippen LogP contribution in [-0.4, -0.2) is 17.9 Å². The first kappa shape index (κ1) is 12.8. The van der Waals surface area contributed by atoms with Crippen LogP contribution >= 0.6 is 0 Å². The minimum absolute atomic E-state index is 0.158. The number of benzene rings is 1. The van der Waals surface area contributed by atoms with Crippen LogP contribution in [0.15, 0.2) is 24.4 Å². The van der Waals surface area contributed by atoms with Crippen molar-refractivity contribution in [3.63, 3.8) is 0 Å². The molecule has 2 aromatic rings. The number of ether oxygens (including phenoxy) is 1. The smallest absolute Gasteiger partial charge is 0.139 e. The molecule has 0 aliphatic heterocycles. The highest BCUT2D eigenvalue weighted by atomic mass is 16.5. The number of hydrogen-bond acceptors (Lipinski definition) is 3. The van der Waals surface area contributed by atoms with Crippen molar-refractivity contribution in [2.45, 2.75) is 38.5 Å². The first-order valence-electron chi connectivity index (χ1n) is 7.62. The number of pyridine rings is 1. The molecule has 2 atom stereocenters. The number of fused-ring (bicyclic) bond motifs is 5. The third kappa shape index (κ3) is 1.66. The maximum Gasteiger partial charge on any atom is 0.139 e. The normalized spacial score (nSPS) is 27.5. The highest BCUT2D eigenvalue weighted by Gasteiger charge is 2.49. The van der Waals surface area contributed by atoms with E-state index >= 15 is 0 Å². The van der Waals surface area contributed by atoms with Crippen LogP contribution in [0.4, 0.5) is 0 Å². The third-order valence-electron chi connectivity index (χ3n) is 5.56. The van der Waals surface area contributed by atoms with E-state index in [4.69, 9.17) is 4.74 Å². The molecule has 2 aliphatic carbocycles. The summed E-state index contributed by atoms with van der Waals surface area (Å²) in [4.78, 5) is 16.9. The molecule has 0 bridgehead atoms. The number of carbonyl (C=O) groups excluding carboxylic acids is 1. The molecule has 0 unspecified atom stereocenters. The Morgan fingerprint density at radius 2 is 2.19 bits per heavy atom. The second-order valence-corrected chi connectivity index (χ2v) is 6.51. The molecule has 0 saturated heterocycles. The molecule has 0 radical (unpaired) electrons. The number of methoxy groups -OCH3 is 1. The second-order valence-electron chi connectivity index (χ2n) is 6.51. The first-order chi connectivity index (χ1) is 10.1. The predicted octanol–water partition coefficient (Wildman–Crippen LogP) is 3.64. The third-order valence-corrected chi connectivity index (χ3v) is 5.56. The van der Waals surface area contributed by atoms with E-state index in [1.807, 2.05) is 18.3 Å². The fourth-order valence-corrected chi connectivity index (χ4v) is 4.22. The Morgan fingerprint density at radius 1 is 1.33 bits per heavy atom. The van der Waals surface area contributed by atoms with Crippen LogP contribution in [-0.2, 0) is 11.2 Å². The van der Waals surface area contributed by atoms with E-state index in [9.17, 15) is 4.79 Å². The lowest BCUT2D eigenvalue weighted by Gasteiger charge is -2.36. The van der Waals surface area contributed by atoms with Crippen molar-refractivity contribution in [1.82, 2.24) is 4.98 Å². The summed E-state index contributed by atoms with van der Waals surface area (Å²) in [5.41, 5.74) is 3.52. The van der Waals surface area contributed by atoms with Crippen LogP contribution in [0.3, 0.4) is 0 Å². The minimum atomic E-state index is -0.158. The minimum Gasteiger partial charge on any atom is -0.497 e. The average Bonchev–Trinajstić information content (AvgIpc) is 2.82. The van der Waals surface area contributed by atoms with Crippen molar-refractivity contribution < 1.29 is 9.53 Å². The largest absolute Gasteiger partial charge is 0.497 e. The maximum absolute atomic E-state index is 12.3. The van der Waals surface area contributed by atoms with Crippen molar-refractivity contribution in [2.75, 3.05) is 7.11 Å². The van der Waals surface area contributed by atoms with Crippen LogP contribution in [0.1, 0.15) is 43.2 Å². The second kappa shape index (κ2) is 4.30. The van der Waals surface area contributed by atoms with Gasteiger partial charge < -0.3 is 4.74 Å². The molecule has 2 aliphatic rings. The lowest BCUT2D eigenvalue weighted by atomic mass is 9.66. The number of nitrogens with zero attached hydrogens (tertiary/aromatic N) is 1. The van der Waals surface area contributed by atoms with Crippen molar-refractivity contribution in [3.05, 3.63) is 35.5 Å². The topological polar surface area (TPSA) is 39.2 Å². The van der Waals surface area contributed by atoms with Gasteiger partial charge in [0.05, 0.1) is 12.6 Å². The number of carbonyl (C=O) groups is 1. The van der Waals surface area contributed by atoms with Gasteiger partial charge in [0.2, 0.25) is 0 Å². The van der Waals surface area contributed by atoms with Gasteiger partial charge in [-0.25, -0.2) is 0 Å². The molecule has 0 N–H and O–H groups in total. The van der Waals surface area contributed by atoms with Crippen LogP contribution in [0, 0.1) is 5.41 Å². The van der Waals surface area contributed by atoms with Crippen molar-refractivity contribution >= 4 is 16.7 Å². The molecular weight excluding hydrogens is 262 g/mol. The molecular formula is C18H19NO2. The van der Waals surface area contributed by atoms with Crippen LogP contribution in [0.5, 0.6) is 5.75 Å². The molecule has 1 aromatic heterocycles. The molecule has 0 amide bonds. The quantitative estimate of drug-likeness (QED) is 0.801. The van der Waals surface area contributed by atoms with Crippen LogP contribution < -0.4 is 4.74 Å². The molecule has 1 aromatic carbocycles. The summed E-state index contributed by atoms with van der Waals surface area (Å²) in [6.07, 6.45) is 5.64. The number of aryl methyl sites for hydroxylation is 1. The summed E-state index contributed by atoms with van der Waals surface area (Å²) in [6, 6.07) is 6.10. The lowest BCUT2D eigenvalue weighted by molar-refractivity contribution is -0.126. The molecule has 1 heterocycles. The summed E-state index contributed by atoms with van der Waals surface area (Å²) in [7, 11) is 1.68. The summed E-state index contributed by atoms with van der Waals surface area (Å²) in [6.45, 7) is 2.15. The Labute approximate surface area is 124 Å². The molecule has 3 heteroatoms. The van der Waals surface area contributed by atoms with Gasteiger partial charge in [-0.3, -0.25) is 9.78 Å². The fourth-order valence-electron chi connectivity index (χ4n) is 4.22. The highest BCUT2D eigenvalue weighted by Crippen LogP contribution is 2.54. The van der Waals surface area contributed by atoms with Gasteiger partial charge in [-0.2, -0.15) is 0 Å². The molecule has 1 saturated carbocycles. The Hall–Kier alpha value is -1.90. The van der Waals surface area contributed by atoms with Gasteiger partial charge in [0.25, 0.3) is 0 Å². The number of rotatable bonds is 1. The zero-order valence-electron chi connectivity index (χ0n) is 12.5. The molecule has 3 nitrogen and oxygen atoms in total. The van der Waals surface area contributed by atoms with Gasteiger partial charge >= 0.3 is 0 Å². The van der Waals surface area contributed by atoms with Gasteiger partial charge in [0, 0.05) is 29.5 Å². The summed E-state index contributed by atoms with van der Waals surface area (Å²) in [5.74, 6) is 1.63. The zero-order chi connectivity index (χ0) is 14.6. The molecule has 4 rings (SSSR count). The Kier molecular flexibility index (Phi) is 2.62. The van der Waals surface area contributed by atoms with E-state index < -0.39 is 0 Å². The first-order valence-corrected chi connectivity index (χ1v) is 7.62. The average molecular weight is 281 g/mol. The number of aromatic nitrogens is 1. The van der Waals surface area contributed by atoms with Gasteiger partial charge in [0.15, 0.2) is 0 Å². The maximum atomic E-state index is 12.3. The Balaban J connectivity index is 1.91. The number of ketones is 1. The van der Waals surface area contributed by atoms with Crippen molar-refractivity contribution in [1.29, 1.82) is 0 Å². The summed E-state index contributed by atoms with van der Waals surface area (Å²) < 4.78 is 5.28. The number of Topliss-reactive ketones (excluding diaryl/α,β-unsaturated/α-hetero) is 1. The molecule has 1 fully saturated rings. The lowest BCUT2D eigenvalue weighted by Crippen LogP contribution is -2.32. The summed E-state index contributed by atoms with van der Waals surface area (Å²) in [5, 5.41) is 1.22. The van der Waals surface area contributed by atoms with Gasteiger partial charge in [0.1, 0.15) is 11.5 Å². The standard InChI is InChI=1S/C18H19NO2/c1-18-8-7-12-13-4-3-11(21-2)9-16(13)19-10-14(12)15(18)5-6-17(18)20/h3-4,9-10,15H,5-8H2,1-2H3/t15-,18-/m0/s1. The van der Waals surface area contributed by atoms with E-state index in [1.165, 1.54) is 16.5 Å². The van der Waals surface area contributed by atoms with Crippen LogP contribution in [0.25, 0.3) is 10.9 Å². The van der Waals surface area contributed by atoms with E-state index in [0.29, 0.717) is 11.7 Å².